The molecule has 0 saturated carbocycles. The zero-order valence-corrected chi connectivity index (χ0v) is 14.4. The number of hydrogen-bond acceptors (Lipinski definition) is 5. The maximum absolute atomic E-state index is 12.1. The Morgan fingerprint density at radius 1 is 1.17 bits per heavy atom. The number of ether oxygens (including phenoxy) is 1. The zero-order chi connectivity index (χ0) is 17.4. The third kappa shape index (κ3) is 5.22. The first-order valence-electron chi connectivity index (χ1n) is 8.13. The normalized spacial score (nSPS) is 11.6. The zero-order valence-electron chi connectivity index (χ0n) is 14.4. The lowest BCUT2D eigenvalue weighted by Gasteiger charge is -2.11. The number of hydrogen-bond donors (Lipinski definition) is 2. The van der Waals surface area contributed by atoms with Gasteiger partial charge in [-0.25, -0.2) is 0 Å². The molecule has 2 aromatic rings. The quantitative estimate of drug-likeness (QED) is 0.779. The Labute approximate surface area is 142 Å². The summed E-state index contributed by atoms with van der Waals surface area (Å²) < 4.78 is 5.12. The Balaban J connectivity index is 1.81. The van der Waals surface area contributed by atoms with Crippen LogP contribution in [-0.2, 0) is 6.42 Å². The summed E-state index contributed by atoms with van der Waals surface area (Å²) in [4.78, 5) is 12.1. The highest BCUT2D eigenvalue weighted by Crippen LogP contribution is 2.11. The van der Waals surface area contributed by atoms with Crippen LogP contribution in [0.5, 0.6) is 5.75 Å². The Bertz CT molecular complexity index is 641. The molecule has 0 saturated heterocycles. The van der Waals surface area contributed by atoms with Crippen molar-refractivity contribution in [1.82, 2.24) is 15.5 Å². The van der Waals surface area contributed by atoms with E-state index in [0.29, 0.717) is 24.1 Å². The van der Waals surface area contributed by atoms with Crippen LogP contribution in [0, 0.1) is 0 Å². The van der Waals surface area contributed by atoms with Crippen molar-refractivity contribution in [2.75, 3.05) is 19.0 Å². The Morgan fingerprint density at radius 2 is 1.92 bits per heavy atom. The molecule has 0 aliphatic carbocycles. The van der Waals surface area contributed by atoms with Gasteiger partial charge in [0.2, 0.25) is 0 Å². The molecule has 1 aromatic carbocycles. The van der Waals surface area contributed by atoms with Gasteiger partial charge in [0.05, 0.1) is 7.11 Å². The second kappa shape index (κ2) is 8.86. The van der Waals surface area contributed by atoms with Crippen LogP contribution >= 0.6 is 0 Å². The van der Waals surface area contributed by atoms with Gasteiger partial charge in [0.1, 0.15) is 11.6 Å². The number of carbonyl (C=O) groups excluding carboxylic acids is 1. The average molecular weight is 328 g/mol. The van der Waals surface area contributed by atoms with Crippen LogP contribution in [-0.4, -0.2) is 35.8 Å². The molecule has 6 heteroatoms. The van der Waals surface area contributed by atoms with E-state index in [9.17, 15) is 4.79 Å². The molecular formula is C18H24N4O2. The van der Waals surface area contributed by atoms with Gasteiger partial charge in [0.15, 0.2) is 5.69 Å². The summed E-state index contributed by atoms with van der Waals surface area (Å²) in [5.41, 5.74) is 1.45. The fourth-order valence-corrected chi connectivity index (χ4v) is 2.09. The van der Waals surface area contributed by atoms with Gasteiger partial charge in [-0.05, 0) is 49.6 Å². The number of aromatic nitrogens is 2. The van der Waals surface area contributed by atoms with Crippen LogP contribution in [0.3, 0.4) is 0 Å². The molecule has 6 nitrogen and oxygen atoms in total. The number of nitrogens with zero attached hydrogens (tertiary/aromatic N) is 2. The first-order chi connectivity index (χ1) is 11.6. The highest BCUT2D eigenvalue weighted by atomic mass is 16.5. The minimum absolute atomic E-state index is 0.217. The first-order valence-corrected chi connectivity index (χ1v) is 8.13. The molecule has 2 rings (SSSR count). The second-order valence-electron chi connectivity index (χ2n) is 5.61. The Morgan fingerprint density at radius 3 is 2.50 bits per heavy atom. The number of amides is 1. The van der Waals surface area contributed by atoms with Crippen molar-refractivity contribution in [1.29, 1.82) is 0 Å². The van der Waals surface area contributed by atoms with Crippen molar-refractivity contribution >= 4 is 11.7 Å². The van der Waals surface area contributed by atoms with Gasteiger partial charge in [-0.3, -0.25) is 4.79 Å². The van der Waals surface area contributed by atoms with E-state index >= 15 is 0 Å². The SMILES string of the molecule is CCC(C)Nc1ccc(C(=O)NCCc2ccc(OC)cc2)nn1. The summed E-state index contributed by atoms with van der Waals surface area (Å²) in [5, 5.41) is 14.1. The summed E-state index contributed by atoms with van der Waals surface area (Å²) in [5.74, 6) is 1.29. The van der Waals surface area contributed by atoms with Gasteiger partial charge < -0.3 is 15.4 Å². The minimum Gasteiger partial charge on any atom is -0.497 e. The number of carbonyl (C=O) groups is 1. The van der Waals surface area contributed by atoms with Crippen molar-refractivity contribution in [3.05, 3.63) is 47.7 Å². The largest absolute Gasteiger partial charge is 0.497 e. The average Bonchev–Trinajstić information content (AvgIpc) is 2.62. The third-order valence-corrected chi connectivity index (χ3v) is 3.76. The molecule has 2 N–H and O–H groups in total. The summed E-state index contributed by atoms with van der Waals surface area (Å²) in [6.45, 7) is 4.71. The Hall–Kier alpha value is -2.63. The molecule has 1 unspecified atom stereocenters. The molecule has 1 atom stereocenters. The minimum atomic E-state index is -0.217. The first kappa shape index (κ1) is 17.7. The Kier molecular flexibility index (Phi) is 6.54. The van der Waals surface area contributed by atoms with Crippen molar-refractivity contribution in [3.8, 4) is 5.75 Å². The lowest BCUT2D eigenvalue weighted by atomic mass is 10.1. The molecule has 24 heavy (non-hydrogen) atoms. The van der Waals surface area contributed by atoms with E-state index in [0.717, 1.165) is 24.2 Å². The molecule has 0 bridgehead atoms. The number of nitrogens with one attached hydrogen (secondary N) is 2. The summed E-state index contributed by atoms with van der Waals surface area (Å²) in [6.07, 6.45) is 1.74. The molecule has 0 aliphatic heterocycles. The predicted molar refractivity (Wildman–Crippen MR) is 94.4 cm³/mol. The van der Waals surface area contributed by atoms with E-state index in [-0.39, 0.29) is 5.91 Å². The van der Waals surface area contributed by atoms with Gasteiger partial charge in [0.25, 0.3) is 5.91 Å². The fraction of sp³-hybridized carbons (Fsp3) is 0.389. The maximum atomic E-state index is 12.1. The van der Waals surface area contributed by atoms with Crippen molar-refractivity contribution in [3.63, 3.8) is 0 Å². The summed E-state index contributed by atoms with van der Waals surface area (Å²) >= 11 is 0. The fourth-order valence-electron chi connectivity index (χ4n) is 2.09. The molecule has 0 fully saturated rings. The lowest BCUT2D eigenvalue weighted by molar-refractivity contribution is 0.0948. The molecule has 1 amide bonds. The lowest BCUT2D eigenvalue weighted by Crippen LogP contribution is -2.27. The van der Waals surface area contributed by atoms with E-state index in [1.807, 2.05) is 24.3 Å². The molecule has 0 spiro atoms. The standard InChI is InChI=1S/C18H24N4O2/c1-4-13(2)20-17-10-9-16(21-22-17)18(23)19-12-11-14-5-7-15(24-3)8-6-14/h5-10,13H,4,11-12H2,1-3H3,(H,19,23)(H,20,22). The topological polar surface area (TPSA) is 76.1 Å². The number of methoxy groups -OCH3 is 1. The highest BCUT2D eigenvalue weighted by Gasteiger charge is 2.08. The second-order valence-corrected chi connectivity index (χ2v) is 5.61. The molecule has 0 radical (unpaired) electrons. The third-order valence-electron chi connectivity index (χ3n) is 3.76. The van der Waals surface area contributed by atoms with Crippen molar-refractivity contribution in [2.45, 2.75) is 32.7 Å². The van der Waals surface area contributed by atoms with E-state index in [1.165, 1.54) is 0 Å². The number of rotatable bonds is 8. The monoisotopic (exact) mass is 328 g/mol. The summed E-state index contributed by atoms with van der Waals surface area (Å²) in [6, 6.07) is 11.6. The van der Waals surface area contributed by atoms with E-state index in [2.05, 4.69) is 34.7 Å². The number of anilines is 1. The number of benzene rings is 1. The van der Waals surface area contributed by atoms with Gasteiger partial charge in [-0.1, -0.05) is 19.1 Å². The van der Waals surface area contributed by atoms with Crippen LogP contribution in [0.4, 0.5) is 5.82 Å². The van der Waals surface area contributed by atoms with Crippen LogP contribution in [0.1, 0.15) is 36.3 Å². The van der Waals surface area contributed by atoms with Crippen molar-refractivity contribution in [2.24, 2.45) is 0 Å². The molecule has 1 heterocycles. The van der Waals surface area contributed by atoms with E-state index < -0.39 is 0 Å². The van der Waals surface area contributed by atoms with Crippen LogP contribution in [0.15, 0.2) is 36.4 Å². The molecular weight excluding hydrogens is 304 g/mol. The highest BCUT2D eigenvalue weighted by molar-refractivity contribution is 5.92. The van der Waals surface area contributed by atoms with Gasteiger partial charge in [-0.2, -0.15) is 0 Å². The van der Waals surface area contributed by atoms with Crippen molar-refractivity contribution < 1.29 is 9.53 Å². The predicted octanol–water partition coefficient (Wildman–Crippen LogP) is 2.67. The van der Waals surface area contributed by atoms with Gasteiger partial charge >= 0.3 is 0 Å². The van der Waals surface area contributed by atoms with E-state index in [4.69, 9.17) is 4.74 Å². The summed E-state index contributed by atoms with van der Waals surface area (Å²) in [7, 11) is 1.64. The maximum Gasteiger partial charge on any atom is 0.271 e. The molecule has 0 aliphatic rings. The van der Waals surface area contributed by atoms with Crippen LogP contribution in [0.2, 0.25) is 0 Å². The molecule has 128 valence electrons. The van der Waals surface area contributed by atoms with Crippen LogP contribution < -0.4 is 15.4 Å². The van der Waals surface area contributed by atoms with E-state index in [1.54, 1.807) is 19.2 Å². The van der Waals surface area contributed by atoms with Crippen LogP contribution in [0.25, 0.3) is 0 Å². The smallest absolute Gasteiger partial charge is 0.271 e. The molecule has 1 aromatic heterocycles. The van der Waals surface area contributed by atoms with Gasteiger partial charge in [-0.15, -0.1) is 10.2 Å². The van der Waals surface area contributed by atoms with Gasteiger partial charge in [0, 0.05) is 12.6 Å².